The summed E-state index contributed by atoms with van der Waals surface area (Å²) in [6, 6.07) is 0. The van der Waals surface area contributed by atoms with Gasteiger partial charge in [-0.15, -0.1) is 0 Å². The number of nitrogens with zero attached hydrogens (tertiary/aromatic N) is 1. The van der Waals surface area contributed by atoms with Crippen LogP contribution in [0.4, 0.5) is 0 Å². The van der Waals surface area contributed by atoms with E-state index in [0.717, 1.165) is 122 Å². The van der Waals surface area contributed by atoms with Gasteiger partial charge in [-0.3, -0.25) is 9.36 Å². The van der Waals surface area contributed by atoms with E-state index in [-0.39, 0.29) is 32.2 Å². The van der Waals surface area contributed by atoms with E-state index in [0.29, 0.717) is 17.6 Å². The van der Waals surface area contributed by atoms with Gasteiger partial charge in [0, 0.05) is 13.0 Å². The lowest BCUT2D eigenvalue weighted by atomic mass is 10.1. The highest BCUT2D eigenvalue weighted by Crippen LogP contribution is 2.38. The van der Waals surface area contributed by atoms with Crippen LogP contribution in [0.5, 0.6) is 0 Å². The number of carbonyl (C=O) groups excluding carboxylic acids is 1. The molecule has 358 valence electrons. The van der Waals surface area contributed by atoms with E-state index in [4.69, 9.17) is 18.5 Å². The van der Waals surface area contributed by atoms with Crippen LogP contribution in [0.25, 0.3) is 0 Å². The molecule has 63 heavy (non-hydrogen) atoms. The summed E-state index contributed by atoms with van der Waals surface area (Å²) in [7, 11) is 1.30. The third-order valence-electron chi connectivity index (χ3n) is 9.51. The van der Waals surface area contributed by atoms with Crippen LogP contribution in [-0.4, -0.2) is 70.7 Å². The summed E-state index contributed by atoms with van der Waals surface area (Å²) < 4.78 is 34.6. The van der Waals surface area contributed by atoms with Crippen LogP contribution in [0.2, 0.25) is 0 Å². The van der Waals surface area contributed by atoms with Crippen molar-refractivity contribution in [2.24, 2.45) is 0 Å². The number of allylic oxidation sites excluding steroid dienone is 20. The van der Waals surface area contributed by atoms with Crippen LogP contribution in [0.15, 0.2) is 122 Å². The number of phosphoric ester groups is 1. The molecule has 9 heteroatoms. The fraction of sp³-hybridized carbons (Fsp3) is 0.611. The Kier molecular flexibility index (Phi) is 43.2. The van der Waals surface area contributed by atoms with Crippen molar-refractivity contribution in [1.29, 1.82) is 0 Å². The van der Waals surface area contributed by atoms with Gasteiger partial charge in [0.2, 0.25) is 0 Å². The van der Waals surface area contributed by atoms with Gasteiger partial charge in [-0.2, -0.15) is 0 Å². The van der Waals surface area contributed by atoms with Crippen LogP contribution < -0.4 is 4.89 Å². The van der Waals surface area contributed by atoms with Gasteiger partial charge < -0.3 is 27.9 Å². The molecule has 0 rings (SSSR count). The molecule has 0 aromatic carbocycles. The summed E-state index contributed by atoms with van der Waals surface area (Å²) in [6.07, 6.45) is 65.1. The molecule has 0 aliphatic heterocycles. The number of hydrogen-bond acceptors (Lipinski definition) is 7. The Hall–Kier alpha value is -3.10. The molecule has 0 aliphatic carbocycles. The minimum Gasteiger partial charge on any atom is -0.756 e. The van der Waals surface area contributed by atoms with E-state index < -0.39 is 13.9 Å². The molecule has 0 saturated carbocycles. The van der Waals surface area contributed by atoms with Crippen molar-refractivity contribution in [2.45, 2.75) is 161 Å². The molecule has 8 nitrogen and oxygen atoms in total. The van der Waals surface area contributed by atoms with Gasteiger partial charge in [0.25, 0.3) is 7.82 Å². The molecule has 0 saturated heterocycles. The molecule has 2 atom stereocenters. The summed E-state index contributed by atoms with van der Waals surface area (Å²) in [5.74, 6) is -0.366. The van der Waals surface area contributed by atoms with Gasteiger partial charge in [0.1, 0.15) is 19.3 Å². The second kappa shape index (κ2) is 45.5. The minimum absolute atomic E-state index is 0.00817. The normalized spacial score (nSPS) is 14.7. The summed E-state index contributed by atoms with van der Waals surface area (Å²) in [5, 5.41) is 0. The number of unbranched alkanes of at least 4 members (excludes halogenated alkanes) is 9. The zero-order chi connectivity index (χ0) is 46.2. The Morgan fingerprint density at radius 2 is 0.873 bits per heavy atom. The molecule has 0 fully saturated rings. The summed E-state index contributed by atoms with van der Waals surface area (Å²) in [6.45, 7) is 5.04. The van der Waals surface area contributed by atoms with Gasteiger partial charge in [0.05, 0.1) is 34.4 Å². The monoisotopic (exact) mass is 896 g/mol. The number of likely N-dealkylation sites (N-methyl/N-ethyl adjacent to an activating group) is 1. The molecule has 0 bridgehead atoms. The second-order valence-corrected chi connectivity index (χ2v) is 18.1. The molecule has 0 aromatic heterocycles. The minimum atomic E-state index is -4.55. The van der Waals surface area contributed by atoms with Gasteiger partial charge in [0.15, 0.2) is 0 Å². The molecule has 0 heterocycles. The fourth-order valence-corrected chi connectivity index (χ4v) is 6.56. The van der Waals surface area contributed by atoms with Crippen LogP contribution in [0.1, 0.15) is 155 Å². The Morgan fingerprint density at radius 1 is 0.492 bits per heavy atom. The lowest BCUT2D eigenvalue weighted by molar-refractivity contribution is -0.870. The fourth-order valence-electron chi connectivity index (χ4n) is 5.83. The molecular weight excluding hydrogens is 806 g/mol. The predicted molar refractivity (Wildman–Crippen MR) is 267 cm³/mol. The largest absolute Gasteiger partial charge is 0.756 e. The first-order chi connectivity index (χ1) is 30.6. The van der Waals surface area contributed by atoms with Gasteiger partial charge in [-0.1, -0.05) is 167 Å². The number of ether oxygens (including phenoxy) is 2. The Morgan fingerprint density at radius 3 is 1.30 bits per heavy atom. The van der Waals surface area contributed by atoms with Gasteiger partial charge >= 0.3 is 5.97 Å². The van der Waals surface area contributed by atoms with Crippen molar-refractivity contribution in [3.8, 4) is 0 Å². The smallest absolute Gasteiger partial charge is 0.306 e. The maximum atomic E-state index is 12.7. The number of esters is 1. The van der Waals surface area contributed by atoms with Crippen molar-refractivity contribution in [3.63, 3.8) is 0 Å². The SMILES string of the molecule is CC/C=C\C/C=C\C/C=C\C/C=C\C/C=C\C/C=C\CCCCCOCC(COP(=O)([O-])OCC[N+](C)(C)C)OC(=O)CCCCCCCC/C=C\C/C=C\C/C=C\C/C=C\CC. The molecule has 0 radical (unpaired) electrons. The molecule has 0 spiro atoms. The van der Waals surface area contributed by atoms with E-state index in [1.54, 1.807) is 0 Å². The molecule has 0 aliphatic rings. The molecule has 0 amide bonds. The lowest BCUT2D eigenvalue weighted by Crippen LogP contribution is -2.37. The van der Waals surface area contributed by atoms with Crippen molar-refractivity contribution >= 4 is 13.8 Å². The third kappa shape index (κ3) is 49.8. The van der Waals surface area contributed by atoms with Crippen LogP contribution >= 0.6 is 7.82 Å². The Labute approximate surface area is 386 Å². The van der Waals surface area contributed by atoms with Crippen LogP contribution in [0.3, 0.4) is 0 Å². The number of rotatable bonds is 43. The second-order valence-electron chi connectivity index (χ2n) is 16.7. The topological polar surface area (TPSA) is 94.1 Å². The summed E-state index contributed by atoms with van der Waals surface area (Å²) >= 11 is 0. The molecular formula is C54H90NO7P. The third-order valence-corrected chi connectivity index (χ3v) is 10.5. The predicted octanol–water partition coefficient (Wildman–Crippen LogP) is 14.3. The first kappa shape index (κ1) is 59.9. The van der Waals surface area contributed by atoms with E-state index in [1.807, 2.05) is 21.1 Å². The molecule has 0 aromatic rings. The van der Waals surface area contributed by atoms with Crippen LogP contribution in [-0.2, 0) is 27.9 Å². The van der Waals surface area contributed by atoms with E-state index in [1.165, 1.54) is 12.8 Å². The first-order valence-corrected chi connectivity index (χ1v) is 25.7. The first-order valence-electron chi connectivity index (χ1n) is 24.3. The zero-order valence-corrected chi connectivity index (χ0v) is 41.4. The van der Waals surface area contributed by atoms with Crippen molar-refractivity contribution in [3.05, 3.63) is 122 Å². The Balaban J connectivity index is 4.32. The van der Waals surface area contributed by atoms with E-state index in [9.17, 15) is 14.3 Å². The summed E-state index contributed by atoms with van der Waals surface area (Å²) in [5.41, 5.74) is 0. The number of hydrogen-bond donors (Lipinski definition) is 0. The quantitative estimate of drug-likeness (QED) is 0.0198. The molecule has 2 unspecified atom stereocenters. The maximum Gasteiger partial charge on any atom is 0.306 e. The highest BCUT2D eigenvalue weighted by molar-refractivity contribution is 7.45. The lowest BCUT2D eigenvalue weighted by Gasteiger charge is -2.28. The van der Waals surface area contributed by atoms with E-state index in [2.05, 4.69) is 135 Å². The van der Waals surface area contributed by atoms with E-state index >= 15 is 0 Å². The average molecular weight is 896 g/mol. The number of quaternary nitrogens is 1. The summed E-state index contributed by atoms with van der Waals surface area (Å²) in [4.78, 5) is 25.1. The number of carbonyl (C=O) groups is 1. The highest BCUT2D eigenvalue weighted by Gasteiger charge is 2.20. The highest BCUT2D eigenvalue weighted by atomic mass is 31.2. The number of phosphoric acid groups is 1. The van der Waals surface area contributed by atoms with Gasteiger partial charge in [-0.05, 0) is 103 Å². The average Bonchev–Trinajstić information content (AvgIpc) is 3.24. The maximum absolute atomic E-state index is 12.7. The van der Waals surface area contributed by atoms with Crippen molar-refractivity contribution in [2.75, 3.05) is 54.1 Å². The van der Waals surface area contributed by atoms with Gasteiger partial charge in [-0.25, -0.2) is 0 Å². The van der Waals surface area contributed by atoms with Crippen molar-refractivity contribution in [1.82, 2.24) is 0 Å². The Bertz CT molecular complexity index is 1410. The molecule has 0 N–H and O–H groups in total. The standard InChI is InChI=1S/C54H90NO7P/c1-6-8-10-12-14-16-18-20-22-24-26-27-28-30-32-34-36-38-40-42-44-46-49-59-51-53(52-61-63(57,58)60-50-48-55(3,4)5)62-54(56)47-45-43-41-39-37-35-33-31-29-25-23-21-19-17-15-13-11-9-7-2/h8-11,14-17,20-23,26-27,29-32,36,38,53H,6-7,12-13,18-19,24-25,28,33-35,37,39-52H2,1-5H3/b10-8-,11-9-,16-14-,17-15-,22-20-,23-21-,27-26-,31-29-,32-30-,38-36-. The zero-order valence-electron chi connectivity index (χ0n) is 40.5. The van der Waals surface area contributed by atoms with Crippen LogP contribution in [0, 0.1) is 0 Å². The van der Waals surface area contributed by atoms with Crippen molar-refractivity contribution < 1.29 is 37.3 Å².